The van der Waals surface area contributed by atoms with E-state index in [1.54, 1.807) is 18.2 Å². The quantitative estimate of drug-likeness (QED) is 0.520. The van der Waals surface area contributed by atoms with Crippen LogP contribution in [0.1, 0.15) is 10.4 Å². The number of aromatic nitrogens is 1. The van der Waals surface area contributed by atoms with Crippen molar-refractivity contribution in [2.75, 3.05) is 0 Å². The summed E-state index contributed by atoms with van der Waals surface area (Å²) in [5, 5.41) is 0. The molecule has 0 bridgehead atoms. The van der Waals surface area contributed by atoms with Gasteiger partial charge in [-0.25, -0.2) is 4.98 Å². The van der Waals surface area contributed by atoms with Gasteiger partial charge < -0.3 is 4.42 Å². The number of benzene rings is 2. The van der Waals surface area contributed by atoms with Crippen molar-refractivity contribution in [1.29, 1.82) is 0 Å². The van der Waals surface area contributed by atoms with Crippen LogP contribution in [0.2, 0.25) is 0 Å². The molecule has 1 heterocycles. The summed E-state index contributed by atoms with van der Waals surface area (Å²) >= 11 is 2.25. The van der Waals surface area contributed by atoms with E-state index >= 15 is 0 Å². The van der Waals surface area contributed by atoms with Crippen LogP contribution in [0.25, 0.3) is 22.6 Å². The number of carbonyl (C=O) groups is 1. The maximum absolute atomic E-state index is 10.7. The van der Waals surface area contributed by atoms with Crippen molar-refractivity contribution in [2.45, 2.75) is 0 Å². The zero-order valence-corrected chi connectivity index (χ0v) is 11.4. The fraction of sp³-hybridized carbons (Fsp3) is 0. The standard InChI is InChI=1S/C14H8INO2/c15-11-4-2-10(3-5-11)14-16-12-7-9(8-17)1-6-13(12)18-14/h1-8H. The monoisotopic (exact) mass is 349 g/mol. The zero-order valence-electron chi connectivity index (χ0n) is 9.26. The van der Waals surface area contributed by atoms with Gasteiger partial charge in [0.1, 0.15) is 11.8 Å². The molecule has 88 valence electrons. The van der Waals surface area contributed by atoms with Gasteiger partial charge in [0.2, 0.25) is 5.89 Å². The number of fused-ring (bicyclic) bond motifs is 1. The largest absolute Gasteiger partial charge is 0.436 e. The molecule has 3 aromatic rings. The molecule has 0 unspecified atom stereocenters. The Balaban J connectivity index is 2.12. The molecule has 0 saturated heterocycles. The van der Waals surface area contributed by atoms with Crippen molar-refractivity contribution in [3.05, 3.63) is 51.6 Å². The lowest BCUT2D eigenvalue weighted by molar-refractivity contribution is 0.112. The van der Waals surface area contributed by atoms with Crippen LogP contribution in [0.3, 0.4) is 0 Å². The van der Waals surface area contributed by atoms with Gasteiger partial charge in [-0.05, 0) is 65.1 Å². The molecule has 0 aliphatic rings. The molecule has 4 heteroatoms. The summed E-state index contributed by atoms with van der Waals surface area (Å²) in [6.07, 6.45) is 0.804. The third-order valence-electron chi connectivity index (χ3n) is 2.64. The highest BCUT2D eigenvalue weighted by molar-refractivity contribution is 14.1. The third-order valence-corrected chi connectivity index (χ3v) is 3.36. The van der Waals surface area contributed by atoms with E-state index in [0.29, 0.717) is 22.6 Å². The van der Waals surface area contributed by atoms with E-state index in [9.17, 15) is 4.79 Å². The number of hydrogen-bond donors (Lipinski definition) is 0. The Hall–Kier alpha value is -1.69. The third kappa shape index (κ3) is 2.03. The molecule has 0 fully saturated rings. The maximum atomic E-state index is 10.7. The predicted octanol–water partition coefficient (Wildman–Crippen LogP) is 3.91. The summed E-state index contributed by atoms with van der Waals surface area (Å²) in [5.41, 5.74) is 2.92. The average Bonchev–Trinajstić information content (AvgIpc) is 2.82. The number of hydrogen-bond acceptors (Lipinski definition) is 3. The van der Waals surface area contributed by atoms with Gasteiger partial charge in [-0.3, -0.25) is 4.79 Å². The Morgan fingerprint density at radius 1 is 1.11 bits per heavy atom. The Bertz CT molecular complexity index is 716. The van der Waals surface area contributed by atoms with Gasteiger partial charge in [-0.1, -0.05) is 0 Å². The van der Waals surface area contributed by atoms with Crippen LogP contribution in [-0.2, 0) is 0 Å². The van der Waals surface area contributed by atoms with Gasteiger partial charge in [0.05, 0.1) is 0 Å². The SMILES string of the molecule is O=Cc1ccc2oc(-c3ccc(I)cc3)nc2c1. The molecule has 18 heavy (non-hydrogen) atoms. The lowest BCUT2D eigenvalue weighted by atomic mass is 10.2. The first kappa shape index (κ1) is 11.4. The Morgan fingerprint density at radius 2 is 1.89 bits per heavy atom. The summed E-state index contributed by atoms with van der Waals surface area (Å²) < 4.78 is 6.83. The van der Waals surface area contributed by atoms with Gasteiger partial charge in [-0.2, -0.15) is 0 Å². The van der Waals surface area contributed by atoms with E-state index in [2.05, 4.69) is 27.6 Å². The number of nitrogens with zero attached hydrogens (tertiary/aromatic N) is 1. The van der Waals surface area contributed by atoms with Crippen molar-refractivity contribution in [3.8, 4) is 11.5 Å². The molecule has 1 aromatic heterocycles. The minimum Gasteiger partial charge on any atom is -0.436 e. The van der Waals surface area contributed by atoms with Crippen molar-refractivity contribution in [3.63, 3.8) is 0 Å². The molecule has 3 rings (SSSR count). The number of aldehydes is 1. The lowest BCUT2D eigenvalue weighted by Gasteiger charge is -1.94. The number of halogens is 1. The second-order valence-corrected chi connectivity index (χ2v) is 5.12. The Morgan fingerprint density at radius 3 is 2.61 bits per heavy atom. The maximum Gasteiger partial charge on any atom is 0.227 e. The second kappa shape index (κ2) is 4.53. The van der Waals surface area contributed by atoms with Gasteiger partial charge in [0, 0.05) is 14.7 Å². The summed E-state index contributed by atoms with van der Waals surface area (Å²) in [6, 6.07) is 13.1. The van der Waals surface area contributed by atoms with Crippen molar-refractivity contribution >= 4 is 40.0 Å². The number of oxazole rings is 1. The zero-order chi connectivity index (χ0) is 12.5. The van der Waals surface area contributed by atoms with Crippen molar-refractivity contribution < 1.29 is 9.21 Å². The first-order chi connectivity index (χ1) is 8.76. The van der Waals surface area contributed by atoms with Crippen LogP contribution in [-0.4, -0.2) is 11.3 Å². The van der Waals surface area contributed by atoms with Crippen LogP contribution >= 0.6 is 22.6 Å². The first-order valence-corrected chi connectivity index (χ1v) is 6.46. The smallest absolute Gasteiger partial charge is 0.227 e. The van der Waals surface area contributed by atoms with E-state index in [1.807, 2.05) is 24.3 Å². The highest BCUT2D eigenvalue weighted by Gasteiger charge is 2.08. The van der Waals surface area contributed by atoms with Crippen LogP contribution in [0, 0.1) is 3.57 Å². The molecule has 3 nitrogen and oxygen atoms in total. The molecule has 0 N–H and O–H groups in total. The summed E-state index contributed by atoms with van der Waals surface area (Å²) in [5.74, 6) is 0.574. The highest BCUT2D eigenvalue weighted by Crippen LogP contribution is 2.25. The minimum atomic E-state index is 0.574. The van der Waals surface area contributed by atoms with Crippen LogP contribution in [0.15, 0.2) is 46.9 Å². The topological polar surface area (TPSA) is 43.1 Å². The van der Waals surface area contributed by atoms with Gasteiger partial charge in [-0.15, -0.1) is 0 Å². The lowest BCUT2D eigenvalue weighted by Crippen LogP contribution is -1.79. The van der Waals surface area contributed by atoms with Crippen LogP contribution in [0.5, 0.6) is 0 Å². The van der Waals surface area contributed by atoms with E-state index in [0.717, 1.165) is 15.4 Å². The van der Waals surface area contributed by atoms with E-state index in [1.165, 1.54) is 0 Å². The highest BCUT2D eigenvalue weighted by atomic mass is 127. The molecule has 0 saturated carbocycles. The summed E-state index contributed by atoms with van der Waals surface area (Å²) in [4.78, 5) is 15.1. The summed E-state index contributed by atoms with van der Waals surface area (Å²) in [6.45, 7) is 0. The molecule has 2 aromatic carbocycles. The van der Waals surface area contributed by atoms with Crippen LogP contribution < -0.4 is 0 Å². The van der Waals surface area contributed by atoms with E-state index in [-0.39, 0.29) is 0 Å². The molecule has 0 radical (unpaired) electrons. The van der Waals surface area contributed by atoms with E-state index in [4.69, 9.17) is 4.42 Å². The van der Waals surface area contributed by atoms with Gasteiger partial charge in [0.15, 0.2) is 5.58 Å². The van der Waals surface area contributed by atoms with Gasteiger partial charge in [0.25, 0.3) is 0 Å². The Kier molecular flexibility index (Phi) is 2.87. The molecule has 0 atom stereocenters. The minimum absolute atomic E-state index is 0.574. The molecular formula is C14H8INO2. The Labute approximate surface area is 117 Å². The fourth-order valence-electron chi connectivity index (χ4n) is 1.73. The molecule has 0 aliphatic heterocycles. The van der Waals surface area contributed by atoms with Crippen molar-refractivity contribution in [1.82, 2.24) is 4.98 Å². The van der Waals surface area contributed by atoms with Gasteiger partial charge >= 0.3 is 0 Å². The molecule has 0 aliphatic carbocycles. The molecule has 0 amide bonds. The normalized spacial score (nSPS) is 10.7. The second-order valence-electron chi connectivity index (χ2n) is 3.87. The van der Waals surface area contributed by atoms with Crippen LogP contribution in [0.4, 0.5) is 0 Å². The molecular weight excluding hydrogens is 341 g/mol. The van der Waals surface area contributed by atoms with Crippen molar-refractivity contribution in [2.24, 2.45) is 0 Å². The first-order valence-electron chi connectivity index (χ1n) is 5.38. The molecule has 0 spiro atoms. The summed E-state index contributed by atoms with van der Waals surface area (Å²) in [7, 11) is 0. The average molecular weight is 349 g/mol. The van der Waals surface area contributed by atoms with E-state index < -0.39 is 0 Å². The predicted molar refractivity (Wildman–Crippen MR) is 77.5 cm³/mol. The fourth-order valence-corrected chi connectivity index (χ4v) is 2.09. The number of carbonyl (C=O) groups excluding carboxylic acids is 1. The number of rotatable bonds is 2.